The van der Waals surface area contributed by atoms with Gasteiger partial charge in [0.15, 0.2) is 0 Å². The number of nitrogens with zero attached hydrogens (tertiary/aromatic N) is 3. The summed E-state index contributed by atoms with van der Waals surface area (Å²) in [5.41, 5.74) is 3.29. The van der Waals surface area contributed by atoms with Gasteiger partial charge in [0.2, 0.25) is 5.91 Å². The second kappa shape index (κ2) is 7.27. The van der Waals surface area contributed by atoms with Crippen LogP contribution in [0, 0.1) is 13.8 Å². The molecular weight excluding hydrogens is 292 g/mol. The third-order valence-corrected chi connectivity index (χ3v) is 4.47. The summed E-state index contributed by atoms with van der Waals surface area (Å²) in [4.78, 5) is 21.1. The number of nitrogens with one attached hydrogen (secondary N) is 1. The Morgan fingerprint density at radius 3 is 2.57 bits per heavy atom. The van der Waals surface area contributed by atoms with Crippen molar-refractivity contribution >= 4 is 11.6 Å². The Kier molecular flexibility index (Phi) is 5.13. The SMILES string of the molecule is Cc1cc(N2CCN(C(=O)C[C@@H]3CNCCO3)CC2)cc(C)n1. The molecule has 1 aromatic heterocycles. The van der Waals surface area contributed by atoms with Crippen LogP contribution in [0.15, 0.2) is 12.1 Å². The van der Waals surface area contributed by atoms with Crippen LogP contribution in [-0.2, 0) is 9.53 Å². The Hall–Kier alpha value is -1.66. The number of morpholine rings is 1. The van der Waals surface area contributed by atoms with E-state index in [1.54, 1.807) is 0 Å². The molecule has 6 nitrogen and oxygen atoms in total. The molecule has 2 fully saturated rings. The molecule has 0 bridgehead atoms. The second-order valence-electron chi connectivity index (χ2n) is 6.38. The van der Waals surface area contributed by atoms with Crippen molar-refractivity contribution in [1.82, 2.24) is 15.2 Å². The topological polar surface area (TPSA) is 57.7 Å². The van der Waals surface area contributed by atoms with E-state index < -0.39 is 0 Å². The fourth-order valence-electron chi connectivity index (χ4n) is 3.28. The molecule has 2 aliphatic rings. The summed E-state index contributed by atoms with van der Waals surface area (Å²) >= 11 is 0. The summed E-state index contributed by atoms with van der Waals surface area (Å²) in [6.07, 6.45) is 0.514. The van der Waals surface area contributed by atoms with E-state index in [0.29, 0.717) is 13.0 Å². The van der Waals surface area contributed by atoms with Gasteiger partial charge in [-0.3, -0.25) is 9.78 Å². The molecule has 0 saturated carbocycles. The minimum absolute atomic E-state index is 0.0276. The zero-order valence-corrected chi connectivity index (χ0v) is 14.0. The Balaban J connectivity index is 1.52. The van der Waals surface area contributed by atoms with Gasteiger partial charge in [-0.2, -0.15) is 0 Å². The molecule has 1 amide bonds. The van der Waals surface area contributed by atoms with E-state index in [1.165, 1.54) is 5.69 Å². The van der Waals surface area contributed by atoms with Gasteiger partial charge in [-0.1, -0.05) is 0 Å². The average Bonchev–Trinajstić information content (AvgIpc) is 2.55. The maximum atomic E-state index is 12.4. The van der Waals surface area contributed by atoms with Gasteiger partial charge in [0.1, 0.15) is 0 Å². The number of aryl methyl sites for hydroxylation is 2. The lowest BCUT2D eigenvalue weighted by Crippen LogP contribution is -2.50. The Morgan fingerprint density at radius 2 is 1.96 bits per heavy atom. The van der Waals surface area contributed by atoms with Crippen LogP contribution in [0.25, 0.3) is 0 Å². The first-order chi connectivity index (χ1) is 11.1. The van der Waals surface area contributed by atoms with Gasteiger partial charge in [0.05, 0.1) is 19.1 Å². The van der Waals surface area contributed by atoms with Crippen molar-refractivity contribution in [3.8, 4) is 0 Å². The number of carbonyl (C=O) groups is 1. The van der Waals surface area contributed by atoms with E-state index in [9.17, 15) is 4.79 Å². The van der Waals surface area contributed by atoms with E-state index >= 15 is 0 Å². The molecule has 0 radical (unpaired) electrons. The zero-order valence-electron chi connectivity index (χ0n) is 14.0. The number of piperazine rings is 1. The van der Waals surface area contributed by atoms with Crippen LogP contribution >= 0.6 is 0 Å². The van der Waals surface area contributed by atoms with E-state index in [1.807, 2.05) is 18.7 Å². The van der Waals surface area contributed by atoms with Crippen LogP contribution in [0.4, 0.5) is 5.69 Å². The highest BCUT2D eigenvalue weighted by Crippen LogP contribution is 2.19. The summed E-state index contributed by atoms with van der Waals surface area (Å²) in [5, 5.41) is 3.27. The van der Waals surface area contributed by atoms with Crippen molar-refractivity contribution in [1.29, 1.82) is 0 Å². The van der Waals surface area contributed by atoms with E-state index in [0.717, 1.165) is 50.7 Å². The third-order valence-electron chi connectivity index (χ3n) is 4.47. The molecule has 2 saturated heterocycles. The van der Waals surface area contributed by atoms with Crippen molar-refractivity contribution in [3.63, 3.8) is 0 Å². The molecule has 2 aliphatic heterocycles. The van der Waals surface area contributed by atoms with Gasteiger partial charge >= 0.3 is 0 Å². The highest BCUT2D eigenvalue weighted by atomic mass is 16.5. The first-order valence-electron chi connectivity index (χ1n) is 8.42. The molecule has 23 heavy (non-hydrogen) atoms. The molecule has 0 aliphatic carbocycles. The highest BCUT2D eigenvalue weighted by molar-refractivity contribution is 5.77. The third kappa shape index (κ3) is 4.20. The van der Waals surface area contributed by atoms with Crippen molar-refractivity contribution < 1.29 is 9.53 Å². The Labute approximate surface area is 137 Å². The lowest BCUT2D eigenvalue weighted by molar-refractivity contribution is -0.135. The Bertz CT molecular complexity index is 529. The van der Waals surface area contributed by atoms with Crippen LogP contribution in [-0.4, -0.2) is 67.8 Å². The van der Waals surface area contributed by atoms with Gasteiger partial charge in [-0.25, -0.2) is 0 Å². The van der Waals surface area contributed by atoms with Crippen LogP contribution in [0.1, 0.15) is 17.8 Å². The quantitative estimate of drug-likeness (QED) is 0.890. The minimum atomic E-state index is 0.0276. The number of rotatable bonds is 3. The smallest absolute Gasteiger partial charge is 0.225 e. The molecule has 1 aromatic rings. The number of hydrogen-bond donors (Lipinski definition) is 1. The normalized spacial score (nSPS) is 22.3. The van der Waals surface area contributed by atoms with Crippen molar-refractivity contribution in [3.05, 3.63) is 23.5 Å². The molecule has 6 heteroatoms. The first-order valence-corrected chi connectivity index (χ1v) is 8.42. The molecule has 0 aromatic carbocycles. The summed E-state index contributed by atoms with van der Waals surface area (Å²) in [6.45, 7) is 9.71. The van der Waals surface area contributed by atoms with Crippen LogP contribution in [0.2, 0.25) is 0 Å². The predicted octanol–water partition coefficient (Wildman–Crippen LogP) is 0.726. The standard InChI is InChI=1S/C17H26N4O2/c1-13-9-15(10-14(2)19-13)20-4-6-21(7-5-20)17(22)11-16-12-18-3-8-23-16/h9-10,16,18H,3-8,11-12H2,1-2H3/t16-/m1/s1. The van der Waals surface area contributed by atoms with Gasteiger partial charge in [0, 0.05) is 56.3 Å². The van der Waals surface area contributed by atoms with Crippen molar-refractivity contribution in [2.45, 2.75) is 26.4 Å². The average molecular weight is 318 g/mol. The van der Waals surface area contributed by atoms with E-state index in [4.69, 9.17) is 4.74 Å². The van der Waals surface area contributed by atoms with Crippen molar-refractivity contribution in [2.75, 3.05) is 50.8 Å². The molecule has 0 unspecified atom stereocenters. The summed E-state index contributed by atoms with van der Waals surface area (Å²) in [5.74, 6) is 0.209. The van der Waals surface area contributed by atoms with Crippen LogP contribution < -0.4 is 10.2 Å². The summed E-state index contributed by atoms with van der Waals surface area (Å²) in [7, 11) is 0. The van der Waals surface area contributed by atoms with Crippen LogP contribution in [0.5, 0.6) is 0 Å². The monoisotopic (exact) mass is 318 g/mol. The Morgan fingerprint density at radius 1 is 1.26 bits per heavy atom. The molecule has 1 N–H and O–H groups in total. The lowest BCUT2D eigenvalue weighted by Gasteiger charge is -2.37. The summed E-state index contributed by atoms with van der Waals surface area (Å²) < 4.78 is 5.63. The second-order valence-corrected chi connectivity index (χ2v) is 6.38. The molecular formula is C17H26N4O2. The molecule has 126 valence electrons. The van der Waals surface area contributed by atoms with Crippen molar-refractivity contribution in [2.24, 2.45) is 0 Å². The molecule has 1 atom stereocenters. The first kappa shape index (κ1) is 16.2. The largest absolute Gasteiger partial charge is 0.375 e. The fraction of sp³-hybridized carbons (Fsp3) is 0.647. The van der Waals surface area contributed by atoms with Gasteiger partial charge in [-0.05, 0) is 26.0 Å². The maximum Gasteiger partial charge on any atom is 0.225 e. The predicted molar refractivity (Wildman–Crippen MR) is 89.7 cm³/mol. The maximum absolute atomic E-state index is 12.4. The highest BCUT2D eigenvalue weighted by Gasteiger charge is 2.25. The fourth-order valence-corrected chi connectivity index (χ4v) is 3.28. The van der Waals surface area contributed by atoms with Crippen LogP contribution in [0.3, 0.4) is 0 Å². The van der Waals surface area contributed by atoms with Gasteiger partial charge in [-0.15, -0.1) is 0 Å². The number of pyridine rings is 1. The number of amides is 1. The van der Waals surface area contributed by atoms with E-state index in [-0.39, 0.29) is 12.0 Å². The number of hydrogen-bond acceptors (Lipinski definition) is 5. The number of aromatic nitrogens is 1. The molecule has 0 spiro atoms. The lowest BCUT2D eigenvalue weighted by atomic mass is 10.1. The molecule has 3 heterocycles. The van der Waals surface area contributed by atoms with Gasteiger partial charge < -0.3 is 19.9 Å². The van der Waals surface area contributed by atoms with E-state index in [2.05, 4.69) is 27.3 Å². The summed E-state index contributed by atoms with van der Waals surface area (Å²) in [6, 6.07) is 4.23. The number of carbonyl (C=O) groups excluding carboxylic acids is 1. The minimum Gasteiger partial charge on any atom is -0.375 e. The van der Waals surface area contributed by atoms with Gasteiger partial charge in [0.25, 0.3) is 0 Å². The number of ether oxygens (including phenoxy) is 1. The number of anilines is 1. The molecule has 3 rings (SSSR count). The zero-order chi connectivity index (χ0) is 16.2.